The minimum absolute atomic E-state index is 1.07. The molecule has 0 nitrogen and oxygen atoms in total. The van der Waals surface area contributed by atoms with E-state index < -0.39 is 0 Å². The van der Waals surface area contributed by atoms with Gasteiger partial charge in [0.05, 0.1) is 0 Å². The predicted octanol–water partition coefficient (Wildman–Crippen LogP) is 5.95. The largest absolute Gasteiger partial charge is 0.0651 e. The Hall–Kier alpha value is 0. The monoisotopic (exact) mass is 236 g/mol. The van der Waals surface area contributed by atoms with E-state index in [1.54, 1.807) is 32.1 Å². The normalized spacial score (nSPS) is 25.2. The standard InChI is InChI=1S/C17H32/c1-2-16(17-12-4-3-5-13-17)14-8-11-15-9-6-7-10-15/h15-17H,2-14H2,1H3. The lowest BCUT2D eigenvalue weighted by atomic mass is 9.76. The van der Waals surface area contributed by atoms with Gasteiger partial charge in [-0.3, -0.25) is 0 Å². The van der Waals surface area contributed by atoms with Gasteiger partial charge in [-0.2, -0.15) is 0 Å². The molecule has 0 bridgehead atoms. The Labute approximate surface area is 109 Å². The summed E-state index contributed by atoms with van der Waals surface area (Å²) in [5, 5.41) is 0. The van der Waals surface area contributed by atoms with E-state index in [0.29, 0.717) is 0 Å². The highest BCUT2D eigenvalue weighted by atomic mass is 14.3. The fraction of sp³-hybridized carbons (Fsp3) is 1.00. The first-order valence-corrected chi connectivity index (χ1v) is 8.40. The van der Waals surface area contributed by atoms with Gasteiger partial charge in [-0.1, -0.05) is 90.4 Å². The minimum Gasteiger partial charge on any atom is -0.0651 e. The van der Waals surface area contributed by atoms with Gasteiger partial charge in [-0.15, -0.1) is 0 Å². The Balaban J connectivity index is 1.63. The van der Waals surface area contributed by atoms with E-state index in [2.05, 4.69) is 6.92 Å². The summed E-state index contributed by atoms with van der Waals surface area (Å²) in [7, 11) is 0. The van der Waals surface area contributed by atoms with Crippen LogP contribution in [0.1, 0.15) is 90.4 Å². The van der Waals surface area contributed by atoms with Crippen molar-refractivity contribution in [3.8, 4) is 0 Å². The molecule has 2 aliphatic rings. The van der Waals surface area contributed by atoms with Crippen molar-refractivity contribution in [2.24, 2.45) is 17.8 Å². The second-order valence-electron chi connectivity index (χ2n) is 6.65. The van der Waals surface area contributed by atoms with Crippen LogP contribution in [-0.4, -0.2) is 0 Å². The van der Waals surface area contributed by atoms with Crippen LogP contribution in [0.5, 0.6) is 0 Å². The molecule has 100 valence electrons. The molecule has 2 rings (SSSR count). The van der Waals surface area contributed by atoms with Crippen LogP contribution in [0.2, 0.25) is 0 Å². The summed E-state index contributed by atoms with van der Waals surface area (Å²) in [5.41, 5.74) is 0. The zero-order valence-electron chi connectivity index (χ0n) is 11.9. The van der Waals surface area contributed by atoms with E-state index in [1.807, 2.05) is 0 Å². The number of rotatable bonds is 6. The maximum atomic E-state index is 2.43. The molecule has 0 N–H and O–H groups in total. The summed E-state index contributed by atoms with van der Waals surface area (Å²) in [6.45, 7) is 2.43. The van der Waals surface area contributed by atoms with E-state index >= 15 is 0 Å². The third kappa shape index (κ3) is 4.30. The van der Waals surface area contributed by atoms with Crippen LogP contribution in [0.25, 0.3) is 0 Å². The highest BCUT2D eigenvalue weighted by Crippen LogP contribution is 2.36. The molecule has 0 aromatic heterocycles. The molecular formula is C17H32. The first kappa shape index (κ1) is 13.4. The maximum Gasteiger partial charge on any atom is -0.0386 e. The van der Waals surface area contributed by atoms with Crippen molar-refractivity contribution in [1.82, 2.24) is 0 Å². The van der Waals surface area contributed by atoms with E-state index in [4.69, 9.17) is 0 Å². The van der Waals surface area contributed by atoms with Gasteiger partial charge in [0.15, 0.2) is 0 Å². The quantitative estimate of drug-likeness (QED) is 0.534. The fourth-order valence-corrected chi connectivity index (χ4v) is 4.35. The number of hydrogen-bond donors (Lipinski definition) is 0. The van der Waals surface area contributed by atoms with Gasteiger partial charge < -0.3 is 0 Å². The van der Waals surface area contributed by atoms with Gasteiger partial charge in [0, 0.05) is 0 Å². The molecular weight excluding hydrogens is 204 g/mol. The molecule has 0 heterocycles. The van der Waals surface area contributed by atoms with Crippen LogP contribution in [0.15, 0.2) is 0 Å². The molecule has 0 aromatic rings. The molecule has 0 heteroatoms. The summed E-state index contributed by atoms with van der Waals surface area (Å²) >= 11 is 0. The number of hydrogen-bond acceptors (Lipinski definition) is 0. The first-order chi connectivity index (χ1) is 8.40. The Morgan fingerprint density at radius 1 is 0.882 bits per heavy atom. The Morgan fingerprint density at radius 3 is 2.18 bits per heavy atom. The average Bonchev–Trinajstić information content (AvgIpc) is 2.89. The minimum atomic E-state index is 1.07. The second-order valence-corrected chi connectivity index (χ2v) is 6.65. The van der Waals surface area contributed by atoms with Gasteiger partial charge in [-0.25, -0.2) is 0 Å². The fourth-order valence-electron chi connectivity index (χ4n) is 4.35. The molecule has 1 atom stereocenters. The summed E-state index contributed by atoms with van der Waals surface area (Å²) < 4.78 is 0. The first-order valence-electron chi connectivity index (χ1n) is 8.40. The lowest BCUT2D eigenvalue weighted by Crippen LogP contribution is -2.17. The predicted molar refractivity (Wildman–Crippen MR) is 76.2 cm³/mol. The molecule has 0 aromatic carbocycles. The van der Waals surface area contributed by atoms with Crippen molar-refractivity contribution in [2.45, 2.75) is 90.4 Å². The SMILES string of the molecule is CCC(CCCC1CCCC1)C1CCCCC1. The lowest BCUT2D eigenvalue weighted by Gasteiger charge is -2.30. The third-order valence-corrected chi connectivity index (χ3v) is 5.50. The topological polar surface area (TPSA) is 0 Å². The Bertz CT molecular complexity index is 184. The smallest absolute Gasteiger partial charge is 0.0386 e. The van der Waals surface area contributed by atoms with Crippen LogP contribution >= 0.6 is 0 Å². The lowest BCUT2D eigenvalue weighted by molar-refractivity contribution is 0.222. The van der Waals surface area contributed by atoms with Crippen LogP contribution in [0.4, 0.5) is 0 Å². The molecule has 2 fully saturated rings. The van der Waals surface area contributed by atoms with E-state index in [1.165, 1.54) is 51.4 Å². The van der Waals surface area contributed by atoms with Crippen LogP contribution in [-0.2, 0) is 0 Å². The average molecular weight is 236 g/mol. The molecule has 0 spiro atoms. The summed E-state index contributed by atoms with van der Waals surface area (Å²) in [4.78, 5) is 0. The van der Waals surface area contributed by atoms with Gasteiger partial charge in [-0.05, 0) is 17.8 Å². The van der Waals surface area contributed by atoms with Crippen molar-refractivity contribution in [3.05, 3.63) is 0 Å². The molecule has 0 saturated heterocycles. The van der Waals surface area contributed by atoms with E-state index in [0.717, 1.165) is 17.8 Å². The zero-order valence-corrected chi connectivity index (χ0v) is 11.9. The molecule has 2 aliphatic carbocycles. The summed E-state index contributed by atoms with van der Waals surface area (Å²) in [6, 6.07) is 0. The summed E-state index contributed by atoms with van der Waals surface area (Å²) in [5.74, 6) is 3.27. The van der Waals surface area contributed by atoms with Crippen molar-refractivity contribution in [3.63, 3.8) is 0 Å². The van der Waals surface area contributed by atoms with Crippen LogP contribution < -0.4 is 0 Å². The Kier molecular flexibility index (Phi) is 5.88. The van der Waals surface area contributed by atoms with Crippen molar-refractivity contribution in [1.29, 1.82) is 0 Å². The third-order valence-electron chi connectivity index (χ3n) is 5.50. The van der Waals surface area contributed by atoms with Gasteiger partial charge in [0.1, 0.15) is 0 Å². The highest BCUT2D eigenvalue weighted by molar-refractivity contribution is 4.74. The highest BCUT2D eigenvalue weighted by Gasteiger charge is 2.22. The van der Waals surface area contributed by atoms with Gasteiger partial charge in [0.25, 0.3) is 0 Å². The maximum absolute atomic E-state index is 2.43. The zero-order chi connectivity index (χ0) is 11.9. The van der Waals surface area contributed by atoms with Gasteiger partial charge >= 0.3 is 0 Å². The summed E-state index contributed by atoms with van der Waals surface area (Å²) in [6.07, 6.45) is 19.8. The molecule has 0 radical (unpaired) electrons. The van der Waals surface area contributed by atoms with E-state index in [-0.39, 0.29) is 0 Å². The Morgan fingerprint density at radius 2 is 1.53 bits per heavy atom. The molecule has 1 unspecified atom stereocenters. The molecule has 17 heavy (non-hydrogen) atoms. The van der Waals surface area contributed by atoms with Crippen LogP contribution in [0, 0.1) is 17.8 Å². The van der Waals surface area contributed by atoms with E-state index in [9.17, 15) is 0 Å². The molecule has 2 saturated carbocycles. The second kappa shape index (κ2) is 7.44. The van der Waals surface area contributed by atoms with Crippen molar-refractivity contribution < 1.29 is 0 Å². The molecule has 0 amide bonds. The van der Waals surface area contributed by atoms with Crippen molar-refractivity contribution >= 4 is 0 Å². The van der Waals surface area contributed by atoms with Crippen molar-refractivity contribution in [2.75, 3.05) is 0 Å². The molecule has 0 aliphatic heterocycles. The van der Waals surface area contributed by atoms with Crippen LogP contribution in [0.3, 0.4) is 0 Å². The van der Waals surface area contributed by atoms with Gasteiger partial charge in [0.2, 0.25) is 0 Å².